The molecule has 0 fully saturated rings. The molecule has 35 heavy (non-hydrogen) atoms. The van der Waals surface area contributed by atoms with E-state index in [-0.39, 0.29) is 6.09 Å². The predicted octanol–water partition coefficient (Wildman–Crippen LogP) is 6.04. The largest absolute Gasteiger partial charge is 0.444 e. The molecule has 1 aromatic carbocycles. The first kappa shape index (κ1) is 22.9. The van der Waals surface area contributed by atoms with Gasteiger partial charge in [-0.05, 0) is 57.0 Å². The Kier molecular flexibility index (Phi) is 5.94. The van der Waals surface area contributed by atoms with Crippen molar-refractivity contribution in [2.24, 2.45) is 0 Å². The minimum atomic E-state index is -0.500. The van der Waals surface area contributed by atoms with Gasteiger partial charge in [0, 0.05) is 47.0 Å². The standard InChI is InChI=1S/C26H28N6O2S/c1-26(2,3)34-25(33)32-11-8-16(9-12-32)21-14-19-20(7-10-28-23(19)30-21)29-18-6-4-5-17(13-18)22-15-35-24(27)31-22/h4-8,10,13-15H,9,11-12H2,1-3H3,(H2,27,31)(H2,28,29,30). The van der Waals surface area contributed by atoms with Crippen LogP contribution in [-0.2, 0) is 4.74 Å². The first-order valence-corrected chi connectivity index (χ1v) is 12.4. The number of fused-ring (bicyclic) bond motifs is 1. The number of nitrogens with zero attached hydrogens (tertiary/aromatic N) is 3. The van der Waals surface area contributed by atoms with Gasteiger partial charge in [0.25, 0.3) is 0 Å². The van der Waals surface area contributed by atoms with E-state index in [1.807, 2.05) is 50.4 Å². The van der Waals surface area contributed by atoms with Crippen LogP contribution in [0.3, 0.4) is 0 Å². The summed E-state index contributed by atoms with van der Waals surface area (Å²) in [7, 11) is 0. The number of aromatic nitrogens is 3. The van der Waals surface area contributed by atoms with Crippen LogP contribution in [0.4, 0.5) is 21.3 Å². The minimum absolute atomic E-state index is 0.278. The molecule has 0 saturated heterocycles. The van der Waals surface area contributed by atoms with Crippen molar-refractivity contribution < 1.29 is 9.53 Å². The second-order valence-corrected chi connectivity index (χ2v) is 10.4. The lowest BCUT2D eigenvalue weighted by Crippen LogP contribution is -2.39. The van der Waals surface area contributed by atoms with E-state index in [1.165, 1.54) is 11.3 Å². The lowest BCUT2D eigenvalue weighted by molar-refractivity contribution is 0.0270. The van der Waals surface area contributed by atoms with Gasteiger partial charge in [-0.1, -0.05) is 18.2 Å². The Balaban J connectivity index is 1.36. The number of thiazole rings is 1. The van der Waals surface area contributed by atoms with Crippen molar-refractivity contribution >= 4 is 50.5 Å². The maximum Gasteiger partial charge on any atom is 0.410 e. The Hall–Kier alpha value is -3.85. The van der Waals surface area contributed by atoms with Crippen molar-refractivity contribution in [2.45, 2.75) is 32.8 Å². The van der Waals surface area contributed by atoms with Gasteiger partial charge in [0.1, 0.15) is 11.2 Å². The van der Waals surface area contributed by atoms with Gasteiger partial charge in [-0.25, -0.2) is 14.8 Å². The number of pyridine rings is 1. The number of ether oxygens (including phenoxy) is 1. The monoisotopic (exact) mass is 488 g/mol. The Morgan fingerprint density at radius 1 is 1.26 bits per heavy atom. The first-order valence-electron chi connectivity index (χ1n) is 11.5. The number of anilines is 3. The minimum Gasteiger partial charge on any atom is -0.444 e. The number of carbonyl (C=O) groups is 1. The molecular weight excluding hydrogens is 460 g/mol. The quantitative estimate of drug-likeness (QED) is 0.323. The summed E-state index contributed by atoms with van der Waals surface area (Å²) in [6, 6.07) is 12.2. The van der Waals surface area contributed by atoms with Crippen molar-refractivity contribution in [3.63, 3.8) is 0 Å². The molecule has 4 heterocycles. The van der Waals surface area contributed by atoms with E-state index in [4.69, 9.17) is 10.5 Å². The predicted molar refractivity (Wildman–Crippen MR) is 142 cm³/mol. The first-order chi connectivity index (χ1) is 16.7. The fourth-order valence-corrected chi connectivity index (χ4v) is 4.62. The third-order valence-electron chi connectivity index (χ3n) is 5.70. The van der Waals surface area contributed by atoms with Gasteiger partial charge in [-0.15, -0.1) is 11.3 Å². The molecule has 5 rings (SSSR count). The molecule has 8 nitrogen and oxygen atoms in total. The van der Waals surface area contributed by atoms with Gasteiger partial charge in [0.2, 0.25) is 0 Å². The number of nitrogens with one attached hydrogen (secondary N) is 2. The molecule has 4 N–H and O–H groups in total. The van der Waals surface area contributed by atoms with Crippen LogP contribution in [0.25, 0.3) is 27.9 Å². The van der Waals surface area contributed by atoms with Crippen molar-refractivity contribution in [1.82, 2.24) is 19.9 Å². The summed E-state index contributed by atoms with van der Waals surface area (Å²) in [4.78, 5) is 26.4. The van der Waals surface area contributed by atoms with Crippen molar-refractivity contribution in [1.29, 1.82) is 0 Å². The van der Waals surface area contributed by atoms with Crippen LogP contribution in [0.2, 0.25) is 0 Å². The third-order valence-corrected chi connectivity index (χ3v) is 6.37. The summed E-state index contributed by atoms with van der Waals surface area (Å²) < 4.78 is 5.50. The summed E-state index contributed by atoms with van der Waals surface area (Å²) in [5.41, 5.74) is 12.1. The number of rotatable bonds is 4. The molecule has 0 saturated carbocycles. The highest BCUT2D eigenvalue weighted by Crippen LogP contribution is 2.32. The van der Waals surface area contributed by atoms with Gasteiger partial charge >= 0.3 is 6.09 Å². The third kappa shape index (κ3) is 5.14. The normalized spacial score (nSPS) is 14.1. The molecule has 0 radical (unpaired) electrons. The van der Waals surface area contributed by atoms with Crippen LogP contribution in [0.1, 0.15) is 32.9 Å². The summed E-state index contributed by atoms with van der Waals surface area (Å²) in [6.45, 7) is 6.77. The number of hydrogen-bond donors (Lipinski definition) is 3. The van der Waals surface area contributed by atoms with E-state index < -0.39 is 5.60 Å². The number of H-pyrrole nitrogens is 1. The number of nitrogens with two attached hydrogens (primary N) is 1. The zero-order chi connectivity index (χ0) is 24.6. The number of nitrogen functional groups attached to an aromatic ring is 1. The fourth-order valence-electron chi connectivity index (χ4n) is 4.05. The zero-order valence-electron chi connectivity index (χ0n) is 20.0. The van der Waals surface area contributed by atoms with Crippen LogP contribution < -0.4 is 11.1 Å². The average Bonchev–Trinajstić information content (AvgIpc) is 3.45. The molecule has 3 aromatic heterocycles. The molecule has 1 aliphatic rings. The molecule has 4 aromatic rings. The summed E-state index contributed by atoms with van der Waals surface area (Å²) in [5, 5.41) is 7.03. The van der Waals surface area contributed by atoms with Crippen molar-refractivity contribution in [2.75, 3.05) is 24.1 Å². The van der Waals surface area contributed by atoms with Crippen LogP contribution in [0.15, 0.2) is 54.1 Å². The molecule has 1 aliphatic heterocycles. The Morgan fingerprint density at radius 3 is 2.83 bits per heavy atom. The Morgan fingerprint density at radius 2 is 2.11 bits per heavy atom. The SMILES string of the molecule is CC(C)(C)OC(=O)N1CC=C(c2cc3c(Nc4cccc(-c5csc(N)n5)c4)ccnc3[nH]2)CC1. The highest BCUT2D eigenvalue weighted by molar-refractivity contribution is 7.13. The van der Waals surface area contributed by atoms with E-state index in [0.29, 0.717) is 18.2 Å². The van der Waals surface area contributed by atoms with Gasteiger partial charge in [-0.2, -0.15) is 0 Å². The number of carbonyl (C=O) groups excluding carboxylic acids is 1. The van der Waals surface area contributed by atoms with Gasteiger partial charge in [0.05, 0.1) is 11.4 Å². The van der Waals surface area contributed by atoms with E-state index >= 15 is 0 Å². The van der Waals surface area contributed by atoms with Crippen LogP contribution in [0, 0.1) is 0 Å². The molecule has 0 aliphatic carbocycles. The topological polar surface area (TPSA) is 109 Å². The number of aromatic amines is 1. The molecule has 180 valence electrons. The summed E-state index contributed by atoms with van der Waals surface area (Å²) in [6.07, 6.45) is 4.33. The van der Waals surface area contributed by atoms with Gasteiger partial charge in [-0.3, -0.25) is 0 Å². The molecule has 0 spiro atoms. The lowest BCUT2D eigenvalue weighted by atomic mass is 10.0. The average molecular weight is 489 g/mol. The van der Waals surface area contributed by atoms with Gasteiger partial charge in [0.15, 0.2) is 5.13 Å². The van der Waals surface area contributed by atoms with Crippen LogP contribution >= 0.6 is 11.3 Å². The van der Waals surface area contributed by atoms with E-state index in [1.54, 1.807) is 11.1 Å². The Labute approximate surface area is 207 Å². The molecule has 0 unspecified atom stereocenters. The summed E-state index contributed by atoms with van der Waals surface area (Å²) in [5.74, 6) is 0. The molecule has 1 amide bonds. The van der Waals surface area contributed by atoms with E-state index in [0.717, 1.165) is 51.4 Å². The molecule has 0 atom stereocenters. The number of hydrogen-bond acceptors (Lipinski definition) is 7. The maximum atomic E-state index is 12.4. The smallest absolute Gasteiger partial charge is 0.410 e. The van der Waals surface area contributed by atoms with Crippen LogP contribution in [-0.4, -0.2) is 44.6 Å². The second kappa shape index (κ2) is 9.07. The fraction of sp³-hybridized carbons (Fsp3) is 0.269. The molecule has 0 bridgehead atoms. The van der Waals surface area contributed by atoms with Crippen molar-refractivity contribution in [3.8, 4) is 11.3 Å². The lowest BCUT2D eigenvalue weighted by Gasteiger charge is -2.29. The number of benzene rings is 1. The molecule has 9 heteroatoms. The Bertz CT molecular complexity index is 1410. The summed E-state index contributed by atoms with van der Waals surface area (Å²) >= 11 is 1.43. The van der Waals surface area contributed by atoms with Gasteiger partial charge < -0.3 is 25.7 Å². The van der Waals surface area contributed by atoms with Crippen LogP contribution in [0.5, 0.6) is 0 Å². The molecular formula is C26H28N6O2S. The number of amides is 1. The van der Waals surface area contributed by atoms with E-state index in [2.05, 4.69) is 38.5 Å². The second-order valence-electron chi connectivity index (χ2n) is 9.49. The maximum absolute atomic E-state index is 12.4. The van der Waals surface area contributed by atoms with Crippen molar-refractivity contribution in [3.05, 3.63) is 59.7 Å². The van der Waals surface area contributed by atoms with E-state index in [9.17, 15) is 4.79 Å². The highest BCUT2D eigenvalue weighted by Gasteiger charge is 2.24. The zero-order valence-corrected chi connectivity index (χ0v) is 20.8. The highest BCUT2D eigenvalue weighted by atomic mass is 32.1.